The Morgan fingerprint density at radius 3 is 2.93 bits per heavy atom. The Morgan fingerprint density at radius 2 is 2.20 bits per heavy atom. The molecule has 0 N–H and O–H groups in total. The Kier molecular flexibility index (Phi) is 2.86. The van der Waals surface area contributed by atoms with Gasteiger partial charge in [0.1, 0.15) is 5.15 Å². The number of hydrogen-bond donors (Lipinski definition) is 0. The molecule has 4 nitrogen and oxygen atoms in total. The Hall–Kier alpha value is -1.16. The minimum Gasteiger partial charge on any atom is -0.196 e. The molecule has 0 saturated heterocycles. The van der Waals surface area contributed by atoms with E-state index in [1.165, 1.54) is 0 Å². The maximum Gasteiger partial charge on any atom is 0.178 e. The Bertz CT molecular complexity index is 465. The topological polar surface area (TPSA) is 43.1 Å². The summed E-state index contributed by atoms with van der Waals surface area (Å²) in [4.78, 5) is 0. The Labute approximate surface area is 93.3 Å². The fraction of sp³-hybridized carbons (Fsp3) is 0.500. The molecule has 0 radical (unpaired) electrons. The van der Waals surface area contributed by atoms with E-state index in [4.69, 9.17) is 11.6 Å². The van der Waals surface area contributed by atoms with Crippen LogP contribution in [-0.4, -0.2) is 19.8 Å². The van der Waals surface area contributed by atoms with Crippen LogP contribution in [-0.2, 0) is 6.42 Å². The van der Waals surface area contributed by atoms with Crippen molar-refractivity contribution in [3.05, 3.63) is 23.1 Å². The predicted octanol–water partition coefficient (Wildman–Crippen LogP) is 2.37. The first-order valence-electron chi connectivity index (χ1n) is 5.07. The number of aromatic nitrogens is 4. The van der Waals surface area contributed by atoms with Crippen LogP contribution in [0.15, 0.2) is 12.1 Å². The van der Waals surface area contributed by atoms with Crippen LogP contribution in [0, 0.1) is 5.92 Å². The number of hydrogen-bond acceptors (Lipinski definition) is 3. The van der Waals surface area contributed by atoms with Crippen molar-refractivity contribution in [2.24, 2.45) is 5.92 Å². The highest BCUT2D eigenvalue weighted by Gasteiger charge is 2.09. The third-order valence-corrected chi connectivity index (χ3v) is 2.72. The van der Waals surface area contributed by atoms with Gasteiger partial charge in [0.05, 0.1) is 0 Å². The summed E-state index contributed by atoms with van der Waals surface area (Å²) >= 11 is 5.83. The molecule has 15 heavy (non-hydrogen) atoms. The average Bonchev–Trinajstić information content (AvgIpc) is 2.61. The second kappa shape index (κ2) is 4.14. The first kappa shape index (κ1) is 10.4. The highest BCUT2D eigenvalue weighted by Crippen LogP contribution is 2.12. The van der Waals surface area contributed by atoms with Gasteiger partial charge in [-0.05, 0) is 18.1 Å². The monoisotopic (exact) mass is 224 g/mol. The molecule has 0 saturated carbocycles. The highest BCUT2D eigenvalue weighted by atomic mass is 35.5. The molecule has 0 aliphatic heterocycles. The van der Waals surface area contributed by atoms with Crippen molar-refractivity contribution < 1.29 is 0 Å². The summed E-state index contributed by atoms with van der Waals surface area (Å²) < 4.78 is 1.72. The van der Waals surface area contributed by atoms with Gasteiger partial charge in [0.25, 0.3) is 0 Å². The van der Waals surface area contributed by atoms with Crippen LogP contribution in [0.2, 0.25) is 5.15 Å². The van der Waals surface area contributed by atoms with Crippen LogP contribution in [0.1, 0.15) is 26.1 Å². The standard InChI is InChI=1S/C10H13ClN4/c1-3-7(2)6-10-13-12-9-5-4-8(11)14-15(9)10/h4-5,7H,3,6H2,1-2H3. The summed E-state index contributed by atoms with van der Waals surface area (Å²) in [6, 6.07) is 3.54. The SMILES string of the molecule is CCC(C)Cc1nnc2ccc(Cl)nn12. The molecule has 0 bridgehead atoms. The molecule has 2 heterocycles. The van der Waals surface area contributed by atoms with E-state index in [-0.39, 0.29) is 0 Å². The van der Waals surface area contributed by atoms with E-state index in [2.05, 4.69) is 29.1 Å². The van der Waals surface area contributed by atoms with Crippen molar-refractivity contribution >= 4 is 17.2 Å². The van der Waals surface area contributed by atoms with Crippen molar-refractivity contribution in [2.75, 3.05) is 0 Å². The third kappa shape index (κ3) is 2.09. The van der Waals surface area contributed by atoms with Gasteiger partial charge in [-0.1, -0.05) is 31.9 Å². The summed E-state index contributed by atoms with van der Waals surface area (Å²) in [6.45, 7) is 4.35. The minimum atomic E-state index is 0.465. The molecule has 2 aromatic heterocycles. The second-order valence-corrected chi connectivity index (χ2v) is 4.15. The van der Waals surface area contributed by atoms with Crippen LogP contribution in [0.4, 0.5) is 0 Å². The molecule has 5 heteroatoms. The van der Waals surface area contributed by atoms with Crippen LogP contribution in [0.3, 0.4) is 0 Å². The van der Waals surface area contributed by atoms with Gasteiger partial charge in [-0.3, -0.25) is 0 Å². The zero-order valence-electron chi connectivity index (χ0n) is 8.81. The maximum atomic E-state index is 5.83. The lowest BCUT2D eigenvalue weighted by Gasteiger charge is -2.05. The van der Waals surface area contributed by atoms with Gasteiger partial charge in [-0.2, -0.15) is 9.61 Å². The molecule has 2 rings (SSSR count). The van der Waals surface area contributed by atoms with Crippen molar-refractivity contribution in [1.29, 1.82) is 0 Å². The lowest BCUT2D eigenvalue weighted by atomic mass is 10.1. The first-order chi connectivity index (χ1) is 7.20. The van der Waals surface area contributed by atoms with Crippen molar-refractivity contribution in [2.45, 2.75) is 26.7 Å². The van der Waals surface area contributed by atoms with Crippen molar-refractivity contribution in [1.82, 2.24) is 19.8 Å². The fourth-order valence-electron chi connectivity index (χ4n) is 1.39. The highest BCUT2D eigenvalue weighted by molar-refractivity contribution is 6.29. The molecule has 1 unspecified atom stereocenters. The zero-order valence-corrected chi connectivity index (χ0v) is 9.57. The molecule has 2 aromatic rings. The summed E-state index contributed by atoms with van der Waals surface area (Å²) in [5.74, 6) is 1.46. The molecule has 80 valence electrons. The van der Waals surface area contributed by atoms with E-state index >= 15 is 0 Å². The van der Waals surface area contributed by atoms with E-state index in [1.54, 1.807) is 10.6 Å². The van der Waals surface area contributed by atoms with E-state index in [1.807, 2.05) is 6.07 Å². The average molecular weight is 225 g/mol. The summed E-state index contributed by atoms with van der Waals surface area (Å²) in [5.41, 5.74) is 0.748. The quantitative estimate of drug-likeness (QED) is 0.804. The van der Waals surface area contributed by atoms with Gasteiger partial charge in [-0.15, -0.1) is 10.2 Å². The van der Waals surface area contributed by atoms with Crippen molar-refractivity contribution in [3.63, 3.8) is 0 Å². The van der Waals surface area contributed by atoms with Gasteiger partial charge in [0, 0.05) is 6.42 Å². The number of nitrogens with zero attached hydrogens (tertiary/aromatic N) is 4. The Balaban J connectivity index is 2.39. The van der Waals surface area contributed by atoms with Crippen molar-refractivity contribution in [3.8, 4) is 0 Å². The van der Waals surface area contributed by atoms with E-state index in [0.717, 1.165) is 24.3 Å². The molecular formula is C10H13ClN4. The Morgan fingerprint density at radius 1 is 1.40 bits per heavy atom. The fourth-order valence-corrected chi connectivity index (χ4v) is 1.53. The number of rotatable bonds is 3. The molecular weight excluding hydrogens is 212 g/mol. The molecule has 0 spiro atoms. The third-order valence-electron chi connectivity index (χ3n) is 2.52. The molecule has 0 fully saturated rings. The van der Waals surface area contributed by atoms with E-state index < -0.39 is 0 Å². The first-order valence-corrected chi connectivity index (χ1v) is 5.45. The van der Waals surface area contributed by atoms with Gasteiger partial charge >= 0.3 is 0 Å². The second-order valence-electron chi connectivity index (χ2n) is 3.76. The van der Waals surface area contributed by atoms with Crippen LogP contribution < -0.4 is 0 Å². The molecule has 1 atom stereocenters. The lowest BCUT2D eigenvalue weighted by molar-refractivity contribution is 0.535. The predicted molar refractivity (Wildman–Crippen MR) is 59.0 cm³/mol. The molecule has 0 aliphatic carbocycles. The minimum absolute atomic E-state index is 0.465. The maximum absolute atomic E-state index is 5.83. The lowest BCUT2D eigenvalue weighted by Crippen LogP contribution is -2.04. The normalized spacial score (nSPS) is 13.3. The van der Waals surface area contributed by atoms with Gasteiger partial charge in [-0.25, -0.2) is 0 Å². The summed E-state index contributed by atoms with van der Waals surface area (Å²) in [7, 11) is 0. The zero-order chi connectivity index (χ0) is 10.8. The van der Waals surface area contributed by atoms with Gasteiger partial charge in [0.2, 0.25) is 0 Å². The smallest absolute Gasteiger partial charge is 0.178 e. The van der Waals surface area contributed by atoms with E-state index in [0.29, 0.717) is 11.1 Å². The number of fused-ring (bicyclic) bond motifs is 1. The molecule has 0 amide bonds. The molecule has 0 aliphatic rings. The van der Waals surface area contributed by atoms with E-state index in [9.17, 15) is 0 Å². The summed E-state index contributed by atoms with van der Waals surface area (Å²) in [5, 5.41) is 12.8. The van der Waals surface area contributed by atoms with Gasteiger partial charge < -0.3 is 0 Å². The van der Waals surface area contributed by atoms with Crippen LogP contribution in [0.25, 0.3) is 5.65 Å². The molecule has 0 aromatic carbocycles. The largest absolute Gasteiger partial charge is 0.196 e. The number of halogens is 1. The van der Waals surface area contributed by atoms with Crippen LogP contribution >= 0.6 is 11.6 Å². The summed E-state index contributed by atoms with van der Waals surface area (Å²) in [6.07, 6.45) is 2.00. The van der Waals surface area contributed by atoms with Gasteiger partial charge in [0.15, 0.2) is 11.5 Å². The van der Waals surface area contributed by atoms with Crippen LogP contribution in [0.5, 0.6) is 0 Å².